The molecule has 42 heavy (non-hydrogen) atoms. The molecule has 246 valence electrons. The third-order valence-corrected chi connectivity index (χ3v) is 14.3. The summed E-state index contributed by atoms with van der Waals surface area (Å²) >= 11 is 4.50. The summed E-state index contributed by atoms with van der Waals surface area (Å²) in [5.41, 5.74) is 8.92. The zero-order chi connectivity index (χ0) is 32.8. The van der Waals surface area contributed by atoms with Crippen molar-refractivity contribution in [1.29, 1.82) is 0 Å². The molecule has 0 saturated heterocycles. The minimum atomic E-state index is -0.980. The lowest BCUT2D eigenvalue weighted by Crippen LogP contribution is -2.45. The second-order valence-corrected chi connectivity index (χ2v) is 20.5. The van der Waals surface area contributed by atoms with Crippen LogP contribution in [0.25, 0.3) is 0 Å². The lowest BCUT2D eigenvalue weighted by Gasteiger charge is -2.47. The van der Waals surface area contributed by atoms with Gasteiger partial charge in [-0.2, -0.15) is 0 Å². The van der Waals surface area contributed by atoms with Gasteiger partial charge < -0.3 is 5.73 Å². The second-order valence-electron chi connectivity index (χ2n) is 15.8. The van der Waals surface area contributed by atoms with E-state index in [0.29, 0.717) is 11.8 Å². The number of hydrogen-bond acceptors (Lipinski definition) is 2. The second kappa shape index (κ2) is 19.0. The molecular weight excluding hydrogens is 557 g/mol. The van der Waals surface area contributed by atoms with Crippen molar-refractivity contribution in [2.24, 2.45) is 33.8 Å². The van der Waals surface area contributed by atoms with Gasteiger partial charge in [-0.25, -0.2) is 0 Å². The molecule has 2 N–H and O–H groups in total. The first-order valence-electron chi connectivity index (χ1n) is 16.7. The molecule has 0 bridgehead atoms. The number of carbonyl (C=O) groups is 1. The Kier molecular flexibility index (Phi) is 18.7. The molecule has 1 aromatic carbocycles. The highest BCUT2D eigenvalue weighted by Crippen LogP contribution is 2.63. The Morgan fingerprint density at radius 3 is 1.57 bits per heavy atom. The summed E-state index contributed by atoms with van der Waals surface area (Å²) in [7, 11) is 0.410. The summed E-state index contributed by atoms with van der Waals surface area (Å²) in [5, 5.41) is 0. The van der Waals surface area contributed by atoms with E-state index >= 15 is 0 Å². The van der Waals surface area contributed by atoms with Crippen molar-refractivity contribution in [3.05, 3.63) is 35.4 Å². The molecule has 0 saturated carbocycles. The minimum absolute atomic E-state index is 0.0541. The highest BCUT2D eigenvalue weighted by Gasteiger charge is 2.46. The van der Waals surface area contributed by atoms with Crippen LogP contribution in [0.2, 0.25) is 0 Å². The minimum Gasteiger partial charge on any atom is -0.369 e. The van der Waals surface area contributed by atoms with Gasteiger partial charge in [0.25, 0.3) is 0 Å². The monoisotopic (exact) mass is 626 g/mol. The van der Waals surface area contributed by atoms with Gasteiger partial charge in [0.2, 0.25) is 5.91 Å². The summed E-state index contributed by atoms with van der Waals surface area (Å²) < 4.78 is 3.72. The first-order chi connectivity index (χ1) is 19.4. The van der Waals surface area contributed by atoms with Gasteiger partial charge in [-0.3, -0.25) is 9.08 Å². The molecule has 0 heterocycles. The van der Waals surface area contributed by atoms with Crippen molar-refractivity contribution in [3.63, 3.8) is 0 Å². The van der Waals surface area contributed by atoms with E-state index < -0.39 is 7.26 Å². The fourth-order valence-corrected chi connectivity index (χ4v) is 12.0. The number of primary amides is 1. The van der Waals surface area contributed by atoms with Crippen LogP contribution < -0.4 is 5.73 Å². The van der Waals surface area contributed by atoms with Crippen LogP contribution in [0.3, 0.4) is 0 Å². The molecule has 0 aromatic heterocycles. The molecule has 1 rings (SSSR count). The predicted molar refractivity (Wildman–Crippen MR) is 191 cm³/mol. The Hall–Kier alpha value is -0.630. The highest BCUT2D eigenvalue weighted by atomic mass is 35.5. The molecule has 0 spiro atoms. The van der Waals surface area contributed by atoms with Crippen molar-refractivity contribution < 1.29 is 9.08 Å². The Morgan fingerprint density at radius 1 is 0.857 bits per heavy atom. The standard InChI is InChI=1S/C36H66NOP.CH3ClO/c1-13-16-23-39(24-17-14-2,25-18-15-3)27-29-19-21-30(22-20-29)32(35(8,9)10)28(4)36(11,12)31(33(37)38)26-34(5,6)7;1-3-2/h19-22,28,31-32H,13-18,23-27H2,1-12H3,(H-,37,38);1H3/p+1. The number of amides is 1. The van der Waals surface area contributed by atoms with E-state index in [4.69, 9.17) is 5.73 Å². The van der Waals surface area contributed by atoms with E-state index in [1.807, 2.05) is 0 Å². The van der Waals surface area contributed by atoms with E-state index in [1.54, 1.807) is 0 Å². The average molecular weight is 627 g/mol. The Morgan fingerprint density at radius 2 is 1.26 bits per heavy atom. The molecule has 3 atom stereocenters. The van der Waals surface area contributed by atoms with Crippen LogP contribution in [-0.4, -0.2) is 31.5 Å². The third kappa shape index (κ3) is 14.0. The quantitative estimate of drug-likeness (QED) is 0.175. The van der Waals surface area contributed by atoms with Gasteiger partial charge in [-0.15, -0.1) is 0 Å². The van der Waals surface area contributed by atoms with Crippen LogP contribution in [0.5, 0.6) is 0 Å². The van der Waals surface area contributed by atoms with Crippen LogP contribution in [0.15, 0.2) is 24.3 Å². The summed E-state index contributed by atoms with van der Waals surface area (Å²) in [6.07, 6.45) is 14.6. The largest absolute Gasteiger partial charge is 0.369 e. The van der Waals surface area contributed by atoms with Crippen LogP contribution >= 0.6 is 19.1 Å². The maximum absolute atomic E-state index is 12.8. The summed E-state index contributed by atoms with van der Waals surface area (Å²) in [6, 6.07) is 9.75. The first kappa shape index (κ1) is 41.4. The number of hydrogen-bond donors (Lipinski definition) is 1. The van der Waals surface area contributed by atoms with E-state index in [9.17, 15) is 4.79 Å². The van der Waals surface area contributed by atoms with Crippen molar-refractivity contribution in [2.75, 3.05) is 25.6 Å². The molecule has 0 fully saturated rings. The van der Waals surface area contributed by atoms with Gasteiger partial charge in [0, 0.05) is 13.2 Å². The van der Waals surface area contributed by atoms with E-state index in [-0.39, 0.29) is 28.1 Å². The zero-order valence-corrected chi connectivity index (χ0v) is 31.7. The molecule has 0 aliphatic rings. The molecule has 0 aliphatic heterocycles. The fraction of sp³-hybridized carbons (Fsp3) is 0.811. The predicted octanol–water partition coefficient (Wildman–Crippen LogP) is 11.7. The summed E-state index contributed by atoms with van der Waals surface area (Å²) in [6.45, 7) is 27.7. The average Bonchev–Trinajstić information content (AvgIpc) is 2.88. The van der Waals surface area contributed by atoms with Crippen molar-refractivity contribution >= 4 is 25.0 Å². The van der Waals surface area contributed by atoms with E-state index in [0.717, 1.165) is 6.42 Å². The van der Waals surface area contributed by atoms with Gasteiger partial charge in [0.15, 0.2) is 0 Å². The van der Waals surface area contributed by atoms with E-state index in [2.05, 4.69) is 124 Å². The molecule has 1 aromatic rings. The lowest BCUT2D eigenvalue weighted by atomic mass is 9.56. The Bertz CT molecular complexity index is 847. The fourth-order valence-electron chi connectivity index (χ4n) is 6.90. The molecule has 3 unspecified atom stereocenters. The maximum Gasteiger partial charge on any atom is 0.221 e. The maximum atomic E-state index is 12.8. The van der Waals surface area contributed by atoms with Crippen molar-refractivity contribution in [3.8, 4) is 0 Å². The number of carbonyl (C=O) groups excluding carboxylic acids is 1. The molecule has 5 heteroatoms. The smallest absolute Gasteiger partial charge is 0.221 e. The van der Waals surface area contributed by atoms with Gasteiger partial charge in [0.1, 0.15) is 0 Å². The normalized spacial score (nSPS) is 15.0. The SMILES string of the molecule is CCCC[P+](CCCC)(CCCC)Cc1ccc(C(C(C)C(C)(C)C(CC(C)(C)C)C(N)=O)C(C)(C)C)cc1.COCl. The van der Waals surface area contributed by atoms with E-state index in [1.165, 1.54) is 81.4 Å². The molecule has 0 aliphatic carbocycles. The number of nitrogens with two attached hydrogens (primary N) is 1. The van der Waals surface area contributed by atoms with Crippen molar-refractivity contribution in [1.82, 2.24) is 0 Å². The summed E-state index contributed by atoms with van der Waals surface area (Å²) in [4.78, 5) is 12.8. The topological polar surface area (TPSA) is 52.3 Å². The Balaban J connectivity index is 0.00000535. The zero-order valence-electron chi connectivity index (χ0n) is 30.0. The first-order valence-corrected chi connectivity index (χ1v) is 19.6. The number of benzene rings is 1. The molecule has 0 radical (unpaired) electrons. The van der Waals surface area contributed by atoms with Gasteiger partial charge in [-0.05, 0) is 64.9 Å². The Labute approximate surface area is 268 Å². The number of halogens is 1. The third-order valence-electron chi connectivity index (χ3n) is 9.48. The number of rotatable bonds is 17. The molecular formula is C37H70ClNO2P+. The van der Waals surface area contributed by atoms with Crippen LogP contribution in [0.4, 0.5) is 0 Å². The lowest BCUT2D eigenvalue weighted by molar-refractivity contribution is -0.129. The molecule has 3 nitrogen and oxygen atoms in total. The highest BCUT2D eigenvalue weighted by molar-refractivity contribution is 7.75. The number of unbranched alkanes of at least 4 members (excludes halogenated alkanes) is 3. The van der Waals surface area contributed by atoms with Gasteiger partial charge >= 0.3 is 0 Å². The van der Waals surface area contributed by atoms with Gasteiger partial charge in [-0.1, -0.05) is 127 Å². The van der Waals surface area contributed by atoms with Crippen molar-refractivity contribution in [2.45, 2.75) is 140 Å². The summed E-state index contributed by atoms with van der Waals surface area (Å²) in [5.74, 6) is 0.325. The van der Waals surface area contributed by atoms with Crippen LogP contribution in [0, 0.1) is 28.1 Å². The van der Waals surface area contributed by atoms with Crippen LogP contribution in [-0.2, 0) is 15.2 Å². The van der Waals surface area contributed by atoms with Crippen LogP contribution in [0.1, 0.15) is 145 Å². The molecule has 1 amide bonds. The van der Waals surface area contributed by atoms with Gasteiger partial charge in [0.05, 0.1) is 43.6 Å².